The number of nitrogens with zero attached hydrogens (tertiary/aromatic N) is 1. The number of hydrogen-bond donors (Lipinski definition) is 0. The van der Waals surface area contributed by atoms with Crippen molar-refractivity contribution in [1.82, 2.24) is 4.90 Å². The standard InChI is InChI=1S/C13H14BrF2NS/c14-5-6-17(8-13(15)16)7-10-9-18-12-4-2-1-3-11(10)12/h1-4,9,13H,5-8H2. The molecule has 1 aromatic heterocycles. The second-order valence-corrected chi connectivity index (χ2v) is 5.78. The first-order valence-corrected chi connectivity index (χ1v) is 7.72. The molecule has 0 amide bonds. The Morgan fingerprint density at radius 3 is 2.78 bits per heavy atom. The molecule has 1 heterocycles. The summed E-state index contributed by atoms with van der Waals surface area (Å²) in [4.78, 5) is 1.79. The smallest absolute Gasteiger partial charge is 0.251 e. The molecule has 98 valence electrons. The summed E-state index contributed by atoms with van der Waals surface area (Å²) in [6.07, 6.45) is -2.28. The van der Waals surface area contributed by atoms with Gasteiger partial charge in [0.25, 0.3) is 6.43 Å². The average molecular weight is 334 g/mol. The van der Waals surface area contributed by atoms with Gasteiger partial charge >= 0.3 is 0 Å². The molecule has 0 fully saturated rings. The van der Waals surface area contributed by atoms with Gasteiger partial charge < -0.3 is 0 Å². The van der Waals surface area contributed by atoms with E-state index in [1.165, 1.54) is 10.1 Å². The zero-order valence-electron chi connectivity index (χ0n) is 9.78. The molecule has 0 atom stereocenters. The summed E-state index contributed by atoms with van der Waals surface area (Å²) in [5, 5.41) is 3.95. The van der Waals surface area contributed by atoms with Crippen LogP contribution in [-0.4, -0.2) is 29.7 Å². The van der Waals surface area contributed by atoms with Crippen LogP contribution in [0.3, 0.4) is 0 Å². The van der Waals surface area contributed by atoms with Crippen LogP contribution in [0.2, 0.25) is 0 Å². The Hall–Kier alpha value is -0.520. The van der Waals surface area contributed by atoms with Crippen molar-refractivity contribution in [2.45, 2.75) is 13.0 Å². The second kappa shape index (κ2) is 6.59. The van der Waals surface area contributed by atoms with E-state index in [9.17, 15) is 8.78 Å². The van der Waals surface area contributed by atoms with Gasteiger partial charge in [0.05, 0.1) is 6.54 Å². The summed E-state index contributed by atoms with van der Waals surface area (Å²) in [7, 11) is 0. The van der Waals surface area contributed by atoms with Gasteiger partial charge in [-0.15, -0.1) is 11.3 Å². The zero-order valence-corrected chi connectivity index (χ0v) is 12.2. The molecule has 0 saturated heterocycles. The molecule has 18 heavy (non-hydrogen) atoms. The average Bonchev–Trinajstić information content (AvgIpc) is 2.72. The first-order chi connectivity index (χ1) is 8.70. The van der Waals surface area contributed by atoms with Crippen molar-refractivity contribution in [3.05, 3.63) is 35.2 Å². The zero-order chi connectivity index (χ0) is 13.0. The first kappa shape index (κ1) is 13.9. The van der Waals surface area contributed by atoms with Crippen LogP contribution >= 0.6 is 27.3 Å². The van der Waals surface area contributed by atoms with E-state index in [-0.39, 0.29) is 6.54 Å². The quantitative estimate of drug-likeness (QED) is 0.710. The summed E-state index contributed by atoms with van der Waals surface area (Å²) in [6, 6.07) is 8.10. The number of rotatable bonds is 6. The van der Waals surface area contributed by atoms with Crippen molar-refractivity contribution in [1.29, 1.82) is 0 Å². The Morgan fingerprint density at radius 1 is 1.28 bits per heavy atom. The predicted octanol–water partition coefficient (Wildman–Crippen LogP) is 4.36. The molecule has 0 aliphatic carbocycles. The van der Waals surface area contributed by atoms with Gasteiger partial charge in [0.15, 0.2) is 0 Å². The molecule has 0 radical (unpaired) electrons. The molecular weight excluding hydrogens is 320 g/mol. The fraction of sp³-hybridized carbons (Fsp3) is 0.385. The van der Waals surface area contributed by atoms with Gasteiger partial charge in [0.2, 0.25) is 0 Å². The summed E-state index contributed by atoms with van der Waals surface area (Å²) < 4.78 is 26.2. The summed E-state index contributed by atoms with van der Waals surface area (Å²) in [5.41, 5.74) is 1.14. The Bertz CT molecular complexity index is 500. The summed E-state index contributed by atoms with van der Waals surface area (Å²) >= 11 is 4.98. The van der Waals surface area contributed by atoms with Crippen LogP contribution in [0.15, 0.2) is 29.6 Å². The third-order valence-corrected chi connectivity index (χ3v) is 4.12. The Labute approximate surface area is 118 Å². The van der Waals surface area contributed by atoms with Gasteiger partial charge in [0.1, 0.15) is 0 Å². The molecule has 0 spiro atoms. The Kier molecular flexibility index (Phi) is 5.09. The molecule has 0 N–H and O–H groups in total. The summed E-state index contributed by atoms with van der Waals surface area (Å²) in [5.74, 6) is 0. The third-order valence-electron chi connectivity index (χ3n) is 2.75. The molecule has 0 aliphatic rings. The van der Waals surface area contributed by atoms with Gasteiger partial charge in [-0.05, 0) is 22.4 Å². The van der Waals surface area contributed by atoms with Gasteiger partial charge in [-0.25, -0.2) is 8.78 Å². The third kappa shape index (κ3) is 3.49. The minimum absolute atomic E-state index is 0.171. The van der Waals surface area contributed by atoms with Crippen LogP contribution in [0.4, 0.5) is 8.78 Å². The molecular formula is C13H14BrF2NS. The van der Waals surface area contributed by atoms with Gasteiger partial charge in [-0.2, -0.15) is 0 Å². The molecule has 1 aromatic carbocycles. The lowest BCUT2D eigenvalue weighted by Gasteiger charge is -2.20. The highest BCUT2D eigenvalue weighted by atomic mass is 79.9. The van der Waals surface area contributed by atoms with Gasteiger partial charge in [-0.3, -0.25) is 4.90 Å². The highest BCUT2D eigenvalue weighted by Crippen LogP contribution is 2.26. The van der Waals surface area contributed by atoms with Crippen LogP contribution in [-0.2, 0) is 6.54 Å². The number of hydrogen-bond acceptors (Lipinski definition) is 2. The molecule has 2 rings (SSSR count). The van der Waals surface area contributed by atoms with Crippen molar-refractivity contribution in [3.8, 4) is 0 Å². The number of thiophene rings is 1. The highest BCUT2D eigenvalue weighted by molar-refractivity contribution is 9.09. The molecule has 1 nitrogen and oxygen atoms in total. The number of benzene rings is 1. The van der Waals surface area contributed by atoms with Crippen molar-refractivity contribution < 1.29 is 8.78 Å². The second-order valence-electron chi connectivity index (χ2n) is 4.07. The molecule has 0 aliphatic heterocycles. The van der Waals surface area contributed by atoms with Crippen LogP contribution < -0.4 is 0 Å². The monoisotopic (exact) mass is 333 g/mol. The van der Waals surface area contributed by atoms with E-state index in [0.717, 1.165) is 5.56 Å². The van der Waals surface area contributed by atoms with Crippen LogP contribution in [0, 0.1) is 0 Å². The SMILES string of the molecule is FC(F)CN(CCBr)Cc1csc2ccccc12. The van der Waals surface area contributed by atoms with Crippen molar-refractivity contribution in [3.63, 3.8) is 0 Å². The minimum atomic E-state index is -2.28. The van der Waals surface area contributed by atoms with Crippen LogP contribution in [0.25, 0.3) is 10.1 Å². The molecule has 2 aromatic rings. The van der Waals surface area contributed by atoms with Crippen LogP contribution in [0.1, 0.15) is 5.56 Å². The molecule has 5 heteroatoms. The number of halogens is 3. The van der Waals surface area contributed by atoms with E-state index >= 15 is 0 Å². The largest absolute Gasteiger partial charge is 0.293 e. The van der Waals surface area contributed by atoms with Gasteiger partial charge in [-0.1, -0.05) is 34.1 Å². The predicted molar refractivity (Wildman–Crippen MR) is 76.9 cm³/mol. The van der Waals surface area contributed by atoms with Crippen molar-refractivity contribution in [2.24, 2.45) is 0 Å². The summed E-state index contributed by atoms with van der Waals surface area (Å²) in [6.45, 7) is 1.05. The maximum absolute atomic E-state index is 12.5. The fourth-order valence-corrected chi connectivity index (χ4v) is 3.40. The maximum atomic E-state index is 12.5. The topological polar surface area (TPSA) is 3.24 Å². The first-order valence-electron chi connectivity index (χ1n) is 5.72. The number of alkyl halides is 3. The van der Waals surface area contributed by atoms with Gasteiger partial charge in [0, 0.05) is 23.1 Å². The lowest BCUT2D eigenvalue weighted by molar-refractivity contribution is 0.0884. The molecule has 0 unspecified atom stereocenters. The van der Waals surface area contributed by atoms with E-state index < -0.39 is 6.43 Å². The lowest BCUT2D eigenvalue weighted by Crippen LogP contribution is -2.30. The van der Waals surface area contributed by atoms with E-state index in [1.807, 2.05) is 12.1 Å². The Morgan fingerprint density at radius 2 is 2.06 bits per heavy atom. The highest BCUT2D eigenvalue weighted by Gasteiger charge is 2.13. The molecule has 0 bridgehead atoms. The minimum Gasteiger partial charge on any atom is -0.293 e. The van der Waals surface area contributed by atoms with E-state index in [1.54, 1.807) is 16.2 Å². The van der Waals surface area contributed by atoms with E-state index in [0.29, 0.717) is 18.4 Å². The Balaban J connectivity index is 2.15. The maximum Gasteiger partial charge on any atom is 0.251 e. The van der Waals surface area contributed by atoms with Crippen molar-refractivity contribution >= 4 is 37.4 Å². The van der Waals surface area contributed by atoms with E-state index in [2.05, 4.69) is 33.4 Å². The van der Waals surface area contributed by atoms with Crippen molar-refractivity contribution in [2.75, 3.05) is 18.4 Å². The van der Waals surface area contributed by atoms with Crippen LogP contribution in [0.5, 0.6) is 0 Å². The van der Waals surface area contributed by atoms with E-state index in [4.69, 9.17) is 0 Å². The normalized spacial score (nSPS) is 11.8. The lowest BCUT2D eigenvalue weighted by atomic mass is 10.1. The fourth-order valence-electron chi connectivity index (χ4n) is 1.95. The number of fused-ring (bicyclic) bond motifs is 1. The molecule has 0 saturated carbocycles.